The summed E-state index contributed by atoms with van der Waals surface area (Å²) in [5, 5.41) is 13.0. The molecule has 0 bridgehead atoms. The molecule has 0 radical (unpaired) electrons. The van der Waals surface area contributed by atoms with Gasteiger partial charge in [0.1, 0.15) is 0 Å². The van der Waals surface area contributed by atoms with Crippen molar-refractivity contribution < 1.29 is 5.11 Å². The lowest BCUT2D eigenvalue weighted by Gasteiger charge is -2.29. The number of hydrogen-bond donors (Lipinski definition) is 2. The summed E-state index contributed by atoms with van der Waals surface area (Å²) >= 11 is 0. The van der Waals surface area contributed by atoms with Gasteiger partial charge in [-0.2, -0.15) is 0 Å². The van der Waals surface area contributed by atoms with Crippen LogP contribution in [0.15, 0.2) is 54.6 Å². The van der Waals surface area contributed by atoms with Crippen molar-refractivity contribution in [2.45, 2.75) is 31.9 Å². The maximum absolute atomic E-state index is 9.52. The molecule has 2 aromatic carbocycles. The Morgan fingerprint density at radius 3 is 2.29 bits per heavy atom. The molecule has 24 heavy (non-hydrogen) atoms. The summed E-state index contributed by atoms with van der Waals surface area (Å²) in [5.41, 5.74) is 3.87. The van der Waals surface area contributed by atoms with Crippen LogP contribution in [-0.2, 0) is 6.54 Å². The SMILES string of the molecule is OC1CCN(CCCNCc2ccc(-c3ccccc3)cc2)CC1. The zero-order valence-corrected chi connectivity index (χ0v) is 14.3. The average Bonchev–Trinajstić information content (AvgIpc) is 2.64. The minimum absolute atomic E-state index is 0.0711. The van der Waals surface area contributed by atoms with Crippen LogP contribution >= 0.6 is 0 Å². The van der Waals surface area contributed by atoms with Crippen molar-refractivity contribution in [2.75, 3.05) is 26.2 Å². The molecule has 1 fully saturated rings. The number of aliphatic hydroxyl groups is 1. The number of aliphatic hydroxyl groups excluding tert-OH is 1. The van der Waals surface area contributed by atoms with Crippen molar-refractivity contribution in [2.24, 2.45) is 0 Å². The highest BCUT2D eigenvalue weighted by atomic mass is 16.3. The molecule has 1 heterocycles. The van der Waals surface area contributed by atoms with Crippen LogP contribution in [0.3, 0.4) is 0 Å². The second kappa shape index (κ2) is 8.97. The molecule has 128 valence electrons. The summed E-state index contributed by atoms with van der Waals surface area (Å²) in [7, 11) is 0. The maximum atomic E-state index is 9.52. The van der Waals surface area contributed by atoms with Gasteiger partial charge in [0.05, 0.1) is 6.10 Å². The summed E-state index contributed by atoms with van der Waals surface area (Å²) < 4.78 is 0. The van der Waals surface area contributed by atoms with E-state index in [0.717, 1.165) is 52.0 Å². The van der Waals surface area contributed by atoms with Crippen LogP contribution < -0.4 is 5.32 Å². The van der Waals surface area contributed by atoms with Crippen molar-refractivity contribution >= 4 is 0 Å². The fraction of sp³-hybridized carbons (Fsp3) is 0.429. The van der Waals surface area contributed by atoms with Crippen LogP contribution in [0.2, 0.25) is 0 Å². The first-order valence-corrected chi connectivity index (χ1v) is 9.07. The first kappa shape index (κ1) is 17.2. The van der Waals surface area contributed by atoms with Gasteiger partial charge in [0, 0.05) is 19.6 Å². The maximum Gasteiger partial charge on any atom is 0.0564 e. The smallest absolute Gasteiger partial charge is 0.0564 e. The predicted molar refractivity (Wildman–Crippen MR) is 99.9 cm³/mol. The minimum Gasteiger partial charge on any atom is -0.393 e. The lowest BCUT2D eigenvalue weighted by Crippen LogP contribution is -2.37. The van der Waals surface area contributed by atoms with Gasteiger partial charge in [-0.1, -0.05) is 54.6 Å². The molecule has 0 atom stereocenters. The van der Waals surface area contributed by atoms with E-state index in [1.165, 1.54) is 16.7 Å². The monoisotopic (exact) mass is 324 g/mol. The van der Waals surface area contributed by atoms with Crippen molar-refractivity contribution in [1.29, 1.82) is 0 Å². The highest BCUT2D eigenvalue weighted by Gasteiger charge is 2.15. The number of rotatable bonds is 7. The standard InChI is InChI=1S/C21H28N2O/c24-21-11-15-23(16-12-21)14-4-13-22-17-18-7-9-20(10-8-18)19-5-2-1-3-6-19/h1-3,5-10,21-22,24H,4,11-17H2. The average molecular weight is 324 g/mol. The molecule has 3 nitrogen and oxygen atoms in total. The third-order valence-electron chi connectivity index (χ3n) is 4.78. The number of likely N-dealkylation sites (tertiary alicyclic amines) is 1. The Morgan fingerprint density at radius 1 is 0.917 bits per heavy atom. The third-order valence-corrected chi connectivity index (χ3v) is 4.78. The zero-order valence-electron chi connectivity index (χ0n) is 14.3. The first-order valence-electron chi connectivity index (χ1n) is 9.07. The van der Waals surface area contributed by atoms with E-state index in [0.29, 0.717) is 0 Å². The van der Waals surface area contributed by atoms with E-state index in [9.17, 15) is 5.11 Å². The number of nitrogens with zero attached hydrogens (tertiary/aromatic N) is 1. The second-order valence-corrected chi connectivity index (χ2v) is 6.67. The largest absolute Gasteiger partial charge is 0.393 e. The van der Waals surface area contributed by atoms with Gasteiger partial charge in [0.15, 0.2) is 0 Å². The first-order chi connectivity index (χ1) is 11.8. The fourth-order valence-electron chi connectivity index (χ4n) is 3.25. The molecule has 0 spiro atoms. The predicted octanol–water partition coefficient (Wildman–Crippen LogP) is 3.29. The van der Waals surface area contributed by atoms with Gasteiger partial charge in [-0.25, -0.2) is 0 Å². The van der Waals surface area contributed by atoms with E-state index < -0.39 is 0 Å². The Bertz CT molecular complexity index is 589. The number of hydrogen-bond acceptors (Lipinski definition) is 3. The van der Waals surface area contributed by atoms with Crippen molar-refractivity contribution in [3.05, 3.63) is 60.2 Å². The van der Waals surface area contributed by atoms with Crippen LogP contribution in [0.5, 0.6) is 0 Å². The van der Waals surface area contributed by atoms with Gasteiger partial charge >= 0.3 is 0 Å². The molecule has 0 aromatic heterocycles. The van der Waals surface area contributed by atoms with E-state index >= 15 is 0 Å². The Balaban J connectivity index is 1.35. The number of piperidine rings is 1. The van der Waals surface area contributed by atoms with Gasteiger partial charge in [-0.05, 0) is 49.0 Å². The van der Waals surface area contributed by atoms with Crippen LogP contribution in [0, 0.1) is 0 Å². The van der Waals surface area contributed by atoms with E-state index in [4.69, 9.17) is 0 Å². The molecular weight excluding hydrogens is 296 g/mol. The Labute approximate surface area is 145 Å². The van der Waals surface area contributed by atoms with E-state index in [1.54, 1.807) is 0 Å². The van der Waals surface area contributed by atoms with Gasteiger partial charge in [-0.3, -0.25) is 0 Å². The molecule has 0 unspecified atom stereocenters. The Hall–Kier alpha value is -1.68. The topological polar surface area (TPSA) is 35.5 Å². The quantitative estimate of drug-likeness (QED) is 0.767. The molecule has 3 heteroatoms. The zero-order chi connectivity index (χ0) is 16.6. The summed E-state index contributed by atoms with van der Waals surface area (Å²) in [4.78, 5) is 2.46. The van der Waals surface area contributed by atoms with Gasteiger partial charge in [0.2, 0.25) is 0 Å². The van der Waals surface area contributed by atoms with Gasteiger partial charge in [-0.15, -0.1) is 0 Å². The van der Waals surface area contributed by atoms with Gasteiger partial charge < -0.3 is 15.3 Å². The molecule has 2 aromatic rings. The van der Waals surface area contributed by atoms with Crippen molar-refractivity contribution in [3.63, 3.8) is 0 Å². The van der Waals surface area contributed by atoms with E-state index in [-0.39, 0.29) is 6.10 Å². The number of benzene rings is 2. The van der Waals surface area contributed by atoms with E-state index in [1.807, 2.05) is 6.07 Å². The molecule has 3 rings (SSSR count). The third kappa shape index (κ3) is 5.17. The van der Waals surface area contributed by atoms with Crippen LogP contribution in [0.4, 0.5) is 0 Å². The molecule has 0 amide bonds. The highest BCUT2D eigenvalue weighted by Crippen LogP contribution is 2.19. The molecule has 1 saturated heterocycles. The molecule has 0 saturated carbocycles. The second-order valence-electron chi connectivity index (χ2n) is 6.67. The Kier molecular flexibility index (Phi) is 6.41. The van der Waals surface area contributed by atoms with Crippen LogP contribution in [0.25, 0.3) is 11.1 Å². The molecule has 2 N–H and O–H groups in total. The lowest BCUT2D eigenvalue weighted by atomic mass is 10.0. The summed E-state index contributed by atoms with van der Waals surface area (Å²) in [5.74, 6) is 0. The number of nitrogens with one attached hydrogen (secondary N) is 1. The van der Waals surface area contributed by atoms with E-state index in [2.05, 4.69) is 58.7 Å². The lowest BCUT2D eigenvalue weighted by molar-refractivity contribution is 0.0821. The van der Waals surface area contributed by atoms with Crippen LogP contribution in [-0.4, -0.2) is 42.3 Å². The summed E-state index contributed by atoms with van der Waals surface area (Å²) in [6.45, 7) is 5.18. The summed E-state index contributed by atoms with van der Waals surface area (Å²) in [6.07, 6.45) is 2.96. The molecule has 1 aliphatic heterocycles. The van der Waals surface area contributed by atoms with Crippen LogP contribution in [0.1, 0.15) is 24.8 Å². The highest BCUT2D eigenvalue weighted by molar-refractivity contribution is 5.63. The Morgan fingerprint density at radius 2 is 1.58 bits per heavy atom. The van der Waals surface area contributed by atoms with Crippen molar-refractivity contribution in [3.8, 4) is 11.1 Å². The molecule has 1 aliphatic rings. The molecular formula is C21H28N2O. The normalized spacial score (nSPS) is 16.4. The fourth-order valence-corrected chi connectivity index (χ4v) is 3.25. The minimum atomic E-state index is -0.0711. The summed E-state index contributed by atoms with van der Waals surface area (Å²) in [6, 6.07) is 19.3. The molecule has 0 aliphatic carbocycles. The van der Waals surface area contributed by atoms with Gasteiger partial charge in [0.25, 0.3) is 0 Å². The van der Waals surface area contributed by atoms with Crippen molar-refractivity contribution in [1.82, 2.24) is 10.2 Å².